The third-order valence-electron chi connectivity index (χ3n) is 2.22. The first kappa shape index (κ1) is 13.9. The average molecular weight is 245 g/mol. The zero-order chi connectivity index (χ0) is 13.0. The van der Waals surface area contributed by atoms with Crippen molar-refractivity contribution in [2.45, 2.75) is 26.1 Å². The lowest BCUT2D eigenvalue weighted by Gasteiger charge is -2.27. The van der Waals surface area contributed by atoms with E-state index in [1.54, 1.807) is 13.8 Å². The molecule has 0 fully saturated rings. The van der Waals surface area contributed by atoms with Gasteiger partial charge in [-0.1, -0.05) is 0 Å². The van der Waals surface area contributed by atoms with E-state index < -0.39 is 23.8 Å². The minimum absolute atomic E-state index is 0.174. The summed E-state index contributed by atoms with van der Waals surface area (Å²) in [6.07, 6.45) is -1.34. The Kier molecular flexibility index (Phi) is 4.84. The molecule has 0 heterocycles. The summed E-state index contributed by atoms with van der Waals surface area (Å²) in [5, 5.41) is 18.6. The van der Waals surface area contributed by atoms with Gasteiger partial charge >= 0.3 is 0 Å². The van der Waals surface area contributed by atoms with Gasteiger partial charge in [-0.05, 0) is 26.0 Å². The van der Waals surface area contributed by atoms with Crippen LogP contribution in [0.2, 0.25) is 0 Å². The van der Waals surface area contributed by atoms with Gasteiger partial charge in [-0.2, -0.15) is 0 Å². The van der Waals surface area contributed by atoms with Crippen LogP contribution in [0.25, 0.3) is 0 Å². The number of benzene rings is 1. The number of rotatable bonds is 5. The number of aliphatic hydroxyl groups excluding tert-OH is 2. The maximum atomic E-state index is 13.6. The molecule has 0 aliphatic heterocycles. The lowest BCUT2D eigenvalue weighted by atomic mass is 10.2. The first-order valence-electron chi connectivity index (χ1n) is 5.46. The first-order chi connectivity index (χ1) is 7.90. The number of hydrogen-bond acceptors (Lipinski definition) is 3. The Morgan fingerprint density at radius 1 is 1.12 bits per heavy atom. The molecule has 1 aromatic rings. The molecule has 2 atom stereocenters. The van der Waals surface area contributed by atoms with Crippen molar-refractivity contribution < 1.29 is 19.0 Å². The molecule has 0 bridgehead atoms. The summed E-state index contributed by atoms with van der Waals surface area (Å²) in [6.45, 7) is 3.48. The standard InChI is InChI=1S/C12H17F2NO2/c1-8(16)6-15(7-9(2)17)12-4-3-10(13)5-11(12)14/h3-5,8-9,16-17H,6-7H2,1-2H3. The van der Waals surface area contributed by atoms with Gasteiger partial charge in [0.05, 0.1) is 17.9 Å². The van der Waals surface area contributed by atoms with Crippen LogP contribution in [-0.2, 0) is 0 Å². The van der Waals surface area contributed by atoms with Gasteiger partial charge in [-0.3, -0.25) is 0 Å². The largest absolute Gasteiger partial charge is 0.392 e. The normalized spacial score (nSPS) is 14.5. The van der Waals surface area contributed by atoms with Crippen molar-refractivity contribution in [2.24, 2.45) is 0 Å². The van der Waals surface area contributed by atoms with Gasteiger partial charge in [0.1, 0.15) is 11.6 Å². The number of hydrogen-bond donors (Lipinski definition) is 2. The Hall–Kier alpha value is -1.20. The summed E-state index contributed by atoms with van der Waals surface area (Å²) in [5.74, 6) is -1.36. The lowest BCUT2D eigenvalue weighted by Crippen LogP contribution is -2.36. The molecule has 0 saturated carbocycles. The third kappa shape index (κ3) is 4.28. The van der Waals surface area contributed by atoms with Gasteiger partial charge in [-0.15, -0.1) is 0 Å². The van der Waals surface area contributed by atoms with Gasteiger partial charge in [0.25, 0.3) is 0 Å². The zero-order valence-electron chi connectivity index (χ0n) is 9.90. The van der Waals surface area contributed by atoms with Crippen molar-refractivity contribution in [2.75, 3.05) is 18.0 Å². The van der Waals surface area contributed by atoms with E-state index in [1.807, 2.05) is 0 Å². The van der Waals surface area contributed by atoms with Gasteiger partial charge < -0.3 is 15.1 Å². The number of aliphatic hydroxyl groups is 2. The molecule has 2 unspecified atom stereocenters. The molecule has 0 aliphatic carbocycles. The second-order valence-electron chi connectivity index (χ2n) is 4.20. The number of halogens is 2. The monoisotopic (exact) mass is 245 g/mol. The van der Waals surface area contributed by atoms with Gasteiger partial charge in [0.15, 0.2) is 0 Å². The average Bonchev–Trinajstić information content (AvgIpc) is 2.14. The van der Waals surface area contributed by atoms with Crippen LogP contribution >= 0.6 is 0 Å². The number of nitrogens with zero attached hydrogens (tertiary/aromatic N) is 1. The highest BCUT2D eigenvalue weighted by Crippen LogP contribution is 2.20. The van der Waals surface area contributed by atoms with Crippen molar-refractivity contribution in [3.63, 3.8) is 0 Å². The smallest absolute Gasteiger partial charge is 0.149 e. The molecule has 0 saturated heterocycles. The maximum Gasteiger partial charge on any atom is 0.149 e. The summed E-state index contributed by atoms with van der Waals surface area (Å²) >= 11 is 0. The topological polar surface area (TPSA) is 43.7 Å². The lowest BCUT2D eigenvalue weighted by molar-refractivity contribution is 0.178. The predicted molar refractivity (Wildman–Crippen MR) is 61.9 cm³/mol. The molecule has 0 aliphatic rings. The fraction of sp³-hybridized carbons (Fsp3) is 0.500. The van der Waals surface area contributed by atoms with Crippen molar-refractivity contribution in [1.82, 2.24) is 0 Å². The molecule has 2 N–H and O–H groups in total. The molecule has 0 radical (unpaired) electrons. The van der Waals surface area contributed by atoms with Crippen molar-refractivity contribution in [3.05, 3.63) is 29.8 Å². The zero-order valence-corrected chi connectivity index (χ0v) is 9.90. The second-order valence-corrected chi connectivity index (χ2v) is 4.20. The summed E-state index contributed by atoms with van der Waals surface area (Å²) in [7, 11) is 0. The van der Waals surface area contributed by atoms with Crippen LogP contribution in [0.1, 0.15) is 13.8 Å². The van der Waals surface area contributed by atoms with Crippen LogP contribution in [0.15, 0.2) is 18.2 Å². The van der Waals surface area contributed by atoms with Crippen LogP contribution in [0, 0.1) is 11.6 Å². The molecule has 5 heteroatoms. The molecule has 0 amide bonds. The molecule has 0 spiro atoms. The quantitative estimate of drug-likeness (QED) is 0.827. The molecular formula is C12H17F2NO2. The van der Waals surface area contributed by atoms with Crippen LogP contribution in [0.5, 0.6) is 0 Å². The van der Waals surface area contributed by atoms with Crippen molar-refractivity contribution in [1.29, 1.82) is 0 Å². The Morgan fingerprint density at radius 2 is 1.65 bits per heavy atom. The molecule has 0 aromatic heterocycles. The molecule has 3 nitrogen and oxygen atoms in total. The van der Waals surface area contributed by atoms with Gasteiger partial charge in [-0.25, -0.2) is 8.78 Å². The number of anilines is 1. The second kappa shape index (κ2) is 5.93. The summed E-state index contributed by atoms with van der Waals surface area (Å²) in [4.78, 5) is 1.49. The van der Waals surface area contributed by atoms with Crippen LogP contribution in [0.4, 0.5) is 14.5 Å². The highest BCUT2D eigenvalue weighted by molar-refractivity contribution is 5.48. The molecule has 17 heavy (non-hydrogen) atoms. The Labute approximate surface area is 99.3 Å². The Bertz CT molecular complexity index is 360. The fourth-order valence-electron chi connectivity index (χ4n) is 1.65. The highest BCUT2D eigenvalue weighted by Gasteiger charge is 2.16. The highest BCUT2D eigenvalue weighted by atomic mass is 19.1. The summed E-state index contributed by atoms with van der Waals surface area (Å²) in [6, 6.07) is 3.23. The van der Waals surface area contributed by atoms with E-state index in [-0.39, 0.29) is 18.8 Å². The minimum Gasteiger partial charge on any atom is -0.392 e. The first-order valence-corrected chi connectivity index (χ1v) is 5.46. The fourth-order valence-corrected chi connectivity index (χ4v) is 1.65. The van der Waals surface area contributed by atoms with E-state index in [1.165, 1.54) is 11.0 Å². The van der Waals surface area contributed by atoms with E-state index in [4.69, 9.17) is 0 Å². The Morgan fingerprint density at radius 3 is 2.06 bits per heavy atom. The van der Waals surface area contributed by atoms with E-state index in [0.29, 0.717) is 0 Å². The molecule has 1 rings (SSSR count). The molecule has 96 valence electrons. The van der Waals surface area contributed by atoms with Crippen LogP contribution in [-0.4, -0.2) is 35.5 Å². The summed E-state index contributed by atoms with van der Waals surface area (Å²) in [5.41, 5.74) is 0.174. The van der Waals surface area contributed by atoms with E-state index in [9.17, 15) is 19.0 Å². The van der Waals surface area contributed by atoms with Gasteiger partial charge in [0, 0.05) is 19.2 Å². The van der Waals surface area contributed by atoms with E-state index in [0.717, 1.165) is 12.1 Å². The van der Waals surface area contributed by atoms with Gasteiger partial charge in [0.2, 0.25) is 0 Å². The van der Waals surface area contributed by atoms with Crippen molar-refractivity contribution >= 4 is 5.69 Å². The molecular weight excluding hydrogens is 228 g/mol. The Balaban J connectivity index is 2.95. The summed E-state index contributed by atoms with van der Waals surface area (Å²) < 4.78 is 26.3. The van der Waals surface area contributed by atoms with Crippen molar-refractivity contribution in [3.8, 4) is 0 Å². The SMILES string of the molecule is CC(O)CN(CC(C)O)c1ccc(F)cc1F. The third-order valence-corrected chi connectivity index (χ3v) is 2.22. The molecule has 1 aromatic carbocycles. The minimum atomic E-state index is -0.702. The predicted octanol–water partition coefficient (Wildman–Crippen LogP) is 1.53. The van der Waals surface area contributed by atoms with Crippen LogP contribution in [0.3, 0.4) is 0 Å². The van der Waals surface area contributed by atoms with E-state index >= 15 is 0 Å². The van der Waals surface area contributed by atoms with E-state index in [2.05, 4.69) is 0 Å². The maximum absolute atomic E-state index is 13.6. The van der Waals surface area contributed by atoms with Crippen LogP contribution < -0.4 is 4.90 Å².